The fourth-order valence-corrected chi connectivity index (χ4v) is 5.38. The van der Waals surface area contributed by atoms with Crippen molar-refractivity contribution in [3.05, 3.63) is 93.9 Å². The lowest BCUT2D eigenvalue weighted by molar-refractivity contribution is 0.979. The zero-order valence-corrected chi connectivity index (χ0v) is 19.8. The van der Waals surface area contributed by atoms with E-state index in [1.54, 1.807) is 0 Å². The molecule has 0 amide bonds. The van der Waals surface area contributed by atoms with Gasteiger partial charge in [0, 0.05) is 25.1 Å². The van der Waals surface area contributed by atoms with Crippen molar-refractivity contribution in [2.75, 3.05) is 0 Å². The molecule has 6 heteroatoms. The molecular weight excluding hydrogens is 528 g/mol. The van der Waals surface area contributed by atoms with E-state index in [-0.39, 0.29) is 0 Å². The first-order valence-electron chi connectivity index (χ1n) is 10.2. The van der Waals surface area contributed by atoms with Gasteiger partial charge in [-0.2, -0.15) is 0 Å². The molecular formula is C26H14Br2N4. The number of benzene rings is 4. The maximum absolute atomic E-state index is 5.18. The van der Waals surface area contributed by atoms with Crippen LogP contribution in [-0.4, -0.2) is 18.9 Å². The standard InChI is InChI=1S/C26H14Br2N4/c27-15-9-11-22-18(13-15)19-14-16(28)10-12-23(19)31(22)26-30-20-6-2-1-5-17(20)25-29-21-7-3-4-8-24(21)32(25)26/h1-14H. The maximum Gasteiger partial charge on any atom is 0.221 e. The van der Waals surface area contributed by atoms with Gasteiger partial charge in [0.2, 0.25) is 5.95 Å². The third-order valence-corrected chi connectivity index (χ3v) is 7.00. The summed E-state index contributed by atoms with van der Waals surface area (Å²) < 4.78 is 6.53. The smallest absolute Gasteiger partial charge is 0.221 e. The number of fused-ring (bicyclic) bond motifs is 8. The highest BCUT2D eigenvalue weighted by atomic mass is 79.9. The summed E-state index contributed by atoms with van der Waals surface area (Å²) in [6, 6.07) is 29.3. The number of halogens is 2. The maximum atomic E-state index is 5.18. The van der Waals surface area contributed by atoms with Gasteiger partial charge in [0.05, 0.1) is 27.6 Å². The van der Waals surface area contributed by atoms with E-state index in [0.29, 0.717) is 0 Å². The Labute approximate surface area is 199 Å². The molecule has 7 aromatic rings. The topological polar surface area (TPSA) is 35.1 Å². The lowest BCUT2D eigenvalue weighted by Crippen LogP contribution is -2.06. The van der Waals surface area contributed by atoms with Crippen LogP contribution in [0.5, 0.6) is 0 Å². The van der Waals surface area contributed by atoms with Gasteiger partial charge >= 0.3 is 0 Å². The van der Waals surface area contributed by atoms with Crippen LogP contribution in [0, 0.1) is 0 Å². The molecule has 152 valence electrons. The van der Waals surface area contributed by atoms with Gasteiger partial charge in [-0.05, 0) is 60.7 Å². The van der Waals surface area contributed by atoms with Crippen LogP contribution in [-0.2, 0) is 0 Å². The molecule has 3 aromatic heterocycles. The first-order chi connectivity index (χ1) is 15.7. The van der Waals surface area contributed by atoms with E-state index in [9.17, 15) is 0 Å². The summed E-state index contributed by atoms with van der Waals surface area (Å²) in [5.74, 6) is 0.831. The van der Waals surface area contributed by atoms with Crippen LogP contribution >= 0.6 is 31.9 Å². The summed E-state index contributed by atoms with van der Waals surface area (Å²) in [5.41, 5.74) is 6.04. The second-order valence-corrected chi connectivity index (χ2v) is 9.68. The number of hydrogen-bond acceptors (Lipinski definition) is 2. The minimum absolute atomic E-state index is 0.831. The molecule has 0 aliphatic rings. The average molecular weight is 542 g/mol. The van der Waals surface area contributed by atoms with Crippen molar-refractivity contribution in [1.82, 2.24) is 18.9 Å². The molecule has 0 aliphatic carbocycles. The summed E-state index contributed by atoms with van der Waals surface area (Å²) in [5, 5.41) is 3.38. The van der Waals surface area contributed by atoms with Gasteiger partial charge in [-0.1, -0.05) is 56.1 Å². The van der Waals surface area contributed by atoms with E-state index >= 15 is 0 Å². The van der Waals surface area contributed by atoms with Crippen LogP contribution in [0.2, 0.25) is 0 Å². The molecule has 0 saturated carbocycles. The van der Waals surface area contributed by atoms with Crippen molar-refractivity contribution in [3.8, 4) is 5.95 Å². The van der Waals surface area contributed by atoms with E-state index in [1.807, 2.05) is 18.2 Å². The summed E-state index contributed by atoms with van der Waals surface area (Å²) >= 11 is 7.30. The van der Waals surface area contributed by atoms with Crippen molar-refractivity contribution < 1.29 is 0 Å². The monoisotopic (exact) mass is 540 g/mol. The number of imidazole rings is 1. The number of rotatable bonds is 1. The largest absolute Gasteiger partial charge is 0.279 e. The van der Waals surface area contributed by atoms with E-state index in [1.165, 1.54) is 10.8 Å². The predicted molar refractivity (Wildman–Crippen MR) is 138 cm³/mol. The Bertz CT molecular complexity index is 1800. The van der Waals surface area contributed by atoms with E-state index in [4.69, 9.17) is 9.97 Å². The fourth-order valence-electron chi connectivity index (χ4n) is 4.66. The normalized spacial score (nSPS) is 12.1. The minimum Gasteiger partial charge on any atom is -0.279 e. The predicted octanol–water partition coefficient (Wildman–Crippen LogP) is 7.66. The molecule has 4 aromatic carbocycles. The summed E-state index contributed by atoms with van der Waals surface area (Å²) in [6.45, 7) is 0. The molecule has 32 heavy (non-hydrogen) atoms. The van der Waals surface area contributed by atoms with Crippen molar-refractivity contribution >= 4 is 81.2 Å². The quantitative estimate of drug-likeness (QED) is 0.214. The summed E-state index contributed by atoms with van der Waals surface area (Å²) in [4.78, 5) is 10.2. The molecule has 4 nitrogen and oxygen atoms in total. The van der Waals surface area contributed by atoms with E-state index in [2.05, 4.69) is 108 Å². The Hall–Kier alpha value is -3.22. The molecule has 7 rings (SSSR count). The molecule has 0 aliphatic heterocycles. The van der Waals surface area contributed by atoms with Crippen molar-refractivity contribution in [2.45, 2.75) is 0 Å². The Kier molecular flexibility index (Phi) is 3.81. The molecule has 0 fully saturated rings. The fraction of sp³-hybridized carbons (Fsp3) is 0. The highest BCUT2D eigenvalue weighted by Crippen LogP contribution is 2.36. The molecule has 0 radical (unpaired) electrons. The van der Waals surface area contributed by atoms with Crippen molar-refractivity contribution in [3.63, 3.8) is 0 Å². The van der Waals surface area contributed by atoms with Gasteiger partial charge in [0.15, 0.2) is 0 Å². The molecule has 0 atom stereocenters. The van der Waals surface area contributed by atoms with E-state index < -0.39 is 0 Å². The molecule has 0 bridgehead atoms. The summed E-state index contributed by atoms with van der Waals surface area (Å²) in [7, 11) is 0. The van der Waals surface area contributed by atoms with Gasteiger partial charge in [-0.3, -0.25) is 8.97 Å². The van der Waals surface area contributed by atoms with Gasteiger partial charge < -0.3 is 0 Å². The van der Waals surface area contributed by atoms with Crippen LogP contribution in [0.3, 0.4) is 0 Å². The number of nitrogens with zero attached hydrogens (tertiary/aromatic N) is 4. The Morgan fingerprint density at radius 1 is 0.562 bits per heavy atom. The zero-order valence-electron chi connectivity index (χ0n) is 16.6. The lowest BCUT2D eigenvalue weighted by Gasteiger charge is -2.12. The third kappa shape index (κ3) is 2.48. The summed E-state index contributed by atoms with van der Waals surface area (Å²) in [6.07, 6.45) is 0. The van der Waals surface area contributed by atoms with Crippen LogP contribution in [0.4, 0.5) is 0 Å². The van der Waals surface area contributed by atoms with Gasteiger partial charge in [0.25, 0.3) is 0 Å². The van der Waals surface area contributed by atoms with Gasteiger partial charge in [0.1, 0.15) is 5.65 Å². The third-order valence-electron chi connectivity index (χ3n) is 6.02. The van der Waals surface area contributed by atoms with Gasteiger partial charge in [-0.25, -0.2) is 9.97 Å². The first kappa shape index (κ1) is 18.4. The second kappa shape index (κ2) is 6.64. The molecule has 0 N–H and O–H groups in total. The van der Waals surface area contributed by atoms with Crippen molar-refractivity contribution in [2.24, 2.45) is 0 Å². The highest BCUT2D eigenvalue weighted by Gasteiger charge is 2.19. The number of aromatic nitrogens is 4. The highest BCUT2D eigenvalue weighted by molar-refractivity contribution is 9.10. The SMILES string of the molecule is Brc1ccc2c(c1)c1cc(Br)ccc1n2-c1nc2ccccc2c2nc3ccccc3n12. The Morgan fingerprint density at radius 2 is 1.19 bits per heavy atom. The number of para-hydroxylation sites is 3. The van der Waals surface area contributed by atoms with Crippen LogP contribution in [0.1, 0.15) is 0 Å². The molecule has 0 spiro atoms. The van der Waals surface area contributed by atoms with Crippen molar-refractivity contribution in [1.29, 1.82) is 0 Å². The number of hydrogen-bond donors (Lipinski definition) is 0. The molecule has 0 saturated heterocycles. The van der Waals surface area contributed by atoms with E-state index in [0.717, 1.165) is 53.5 Å². The van der Waals surface area contributed by atoms with Crippen LogP contribution in [0.25, 0.3) is 55.3 Å². The van der Waals surface area contributed by atoms with Crippen LogP contribution < -0.4 is 0 Å². The Morgan fingerprint density at radius 3 is 1.91 bits per heavy atom. The first-order valence-corrected chi connectivity index (χ1v) is 11.8. The Balaban J connectivity index is 1.77. The average Bonchev–Trinajstić information content (AvgIpc) is 3.35. The minimum atomic E-state index is 0.831. The van der Waals surface area contributed by atoms with Gasteiger partial charge in [-0.15, -0.1) is 0 Å². The molecule has 0 unspecified atom stereocenters. The second-order valence-electron chi connectivity index (χ2n) is 7.85. The lowest BCUT2D eigenvalue weighted by atomic mass is 10.2. The van der Waals surface area contributed by atoms with Crippen LogP contribution in [0.15, 0.2) is 93.9 Å². The zero-order chi connectivity index (χ0) is 21.4. The molecule has 3 heterocycles.